The van der Waals surface area contributed by atoms with Crippen LogP contribution in [-0.2, 0) is 16.0 Å². The second-order valence-corrected chi connectivity index (χ2v) is 11.8. The highest BCUT2D eigenvalue weighted by atomic mass is 16.2. The second-order valence-electron chi connectivity index (χ2n) is 11.8. The Bertz CT molecular complexity index is 1560. The first-order valence-electron chi connectivity index (χ1n) is 15.5. The molecule has 6 N–H and O–H groups in total. The lowest BCUT2D eigenvalue weighted by Gasteiger charge is -2.32. The van der Waals surface area contributed by atoms with Crippen molar-refractivity contribution >= 4 is 23.5 Å². The molecule has 2 aliphatic rings. The van der Waals surface area contributed by atoms with E-state index in [0.717, 1.165) is 61.7 Å². The molecular formula is C32H39N11O2. The number of H-pyrrole nitrogens is 1. The van der Waals surface area contributed by atoms with Crippen molar-refractivity contribution in [3.63, 3.8) is 0 Å². The average molecular weight is 610 g/mol. The molecule has 1 aliphatic heterocycles. The van der Waals surface area contributed by atoms with Crippen LogP contribution >= 0.6 is 0 Å². The fourth-order valence-electron chi connectivity index (χ4n) is 6.12. The maximum Gasteiger partial charge on any atom is 0.251 e. The summed E-state index contributed by atoms with van der Waals surface area (Å²) in [5.41, 5.74) is 16.3. The van der Waals surface area contributed by atoms with Crippen LogP contribution in [0.15, 0.2) is 60.9 Å². The molecule has 13 heteroatoms. The van der Waals surface area contributed by atoms with Gasteiger partial charge in [-0.05, 0) is 85.2 Å². The molecule has 0 spiro atoms. The van der Waals surface area contributed by atoms with Crippen LogP contribution in [0.2, 0.25) is 0 Å². The van der Waals surface area contributed by atoms with E-state index in [2.05, 4.69) is 40.8 Å². The normalized spacial score (nSPS) is 19.2. The molecule has 2 aromatic carbocycles. The van der Waals surface area contributed by atoms with E-state index in [-0.39, 0.29) is 18.2 Å². The maximum atomic E-state index is 14.0. The van der Waals surface area contributed by atoms with E-state index in [9.17, 15) is 9.59 Å². The van der Waals surface area contributed by atoms with Crippen molar-refractivity contribution in [3.8, 4) is 22.5 Å². The van der Waals surface area contributed by atoms with Crippen LogP contribution in [0.25, 0.3) is 22.5 Å². The van der Waals surface area contributed by atoms with Crippen molar-refractivity contribution in [2.75, 3.05) is 42.5 Å². The summed E-state index contributed by atoms with van der Waals surface area (Å²) in [5.74, 6) is 0.608. The Morgan fingerprint density at radius 3 is 2.36 bits per heavy atom. The van der Waals surface area contributed by atoms with Gasteiger partial charge in [0.25, 0.3) is 5.91 Å². The summed E-state index contributed by atoms with van der Waals surface area (Å²) in [4.78, 5) is 40.6. The molecule has 3 heterocycles. The molecule has 1 atom stereocenters. The Kier molecular flexibility index (Phi) is 9.48. The summed E-state index contributed by atoms with van der Waals surface area (Å²) < 4.78 is 0. The van der Waals surface area contributed by atoms with Gasteiger partial charge in [0.1, 0.15) is 0 Å². The summed E-state index contributed by atoms with van der Waals surface area (Å²) in [6.45, 7) is 4.18. The zero-order valence-electron chi connectivity index (χ0n) is 25.2. The summed E-state index contributed by atoms with van der Waals surface area (Å²) in [6.07, 6.45) is 7.03. The lowest BCUT2D eigenvalue weighted by molar-refractivity contribution is -0.130. The van der Waals surface area contributed by atoms with Gasteiger partial charge in [0, 0.05) is 55.6 Å². The summed E-state index contributed by atoms with van der Waals surface area (Å²) >= 11 is 0. The van der Waals surface area contributed by atoms with Crippen LogP contribution < -0.4 is 26.6 Å². The molecule has 4 aromatic rings. The highest BCUT2D eigenvalue weighted by Gasteiger charge is 2.35. The number of hydrogen-bond acceptors (Lipinski definition) is 11. The van der Waals surface area contributed by atoms with Gasteiger partial charge >= 0.3 is 0 Å². The van der Waals surface area contributed by atoms with Gasteiger partial charge in [-0.25, -0.2) is 14.9 Å². The molecule has 45 heavy (non-hydrogen) atoms. The van der Waals surface area contributed by atoms with Crippen molar-refractivity contribution < 1.29 is 9.59 Å². The van der Waals surface area contributed by atoms with Crippen molar-refractivity contribution in [1.82, 2.24) is 35.9 Å². The number of nitrogens with one attached hydrogen (secondary N) is 2. The topological polar surface area (TPSA) is 185 Å². The van der Waals surface area contributed by atoms with E-state index in [1.807, 2.05) is 36.7 Å². The van der Waals surface area contributed by atoms with Gasteiger partial charge < -0.3 is 21.7 Å². The standard InChI is InChI=1S/C32H39N11O2/c33-18-21-4-6-24(7-5-21)30(44)43(27-10-8-23(9-11-27)29-38-40-41-39-29)31(45)28(34)17-22-2-1-3-25(16-22)26-19-36-32(37-20-26)42-14-12-35-13-15-42/h1-3,8-11,16,19-21,24,28,35H,4-7,12-15,17-18,33-34H2,(H,38,39,40,41)/t21?,24?,28-/m0/s1. The van der Waals surface area contributed by atoms with E-state index >= 15 is 0 Å². The van der Waals surface area contributed by atoms with Gasteiger partial charge in [0.15, 0.2) is 0 Å². The second kappa shape index (κ2) is 14.0. The average Bonchev–Trinajstić information content (AvgIpc) is 3.65. The molecule has 1 saturated heterocycles. The van der Waals surface area contributed by atoms with E-state index in [1.165, 1.54) is 4.90 Å². The largest absolute Gasteiger partial charge is 0.338 e. The summed E-state index contributed by atoms with van der Waals surface area (Å²) in [5, 5.41) is 17.4. The Morgan fingerprint density at radius 2 is 1.69 bits per heavy atom. The van der Waals surface area contributed by atoms with Crippen LogP contribution in [0.5, 0.6) is 0 Å². The molecule has 234 valence electrons. The number of hydrogen-bond donors (Lipinski definition) is 4. The number of carbonyl (C=O) groups excluding carboxylic acids is 2. The number of tetrazole rings is 1. The van der Waals surface area contributed by atoms with Crippen LogP contribution in [0, 0.1) is 11.8 Å². The molecule has 6 rings (SSSR count). The molecule has 1 saturated carbocycles. The molecule has 0 radical (unpaired) electrons. The fraction of sp³-hybridized carbons (Fsp3) is 0.406. The molecule has 0 unspecified atom stereocenters. The summed E-state index contributed by atoms with van der Waals surface area (Å²) in [6, 6.07) is 13.9. The van der Waals surface area contributed by atoms with Crippen molar-refractivity contribution in [2.45, 2.75) is 38.1 Å². The first kappa shape index (κ1) is 30.4. The summed E-state index contributed by atoms with van der Waals surface area (Å²) in [7, 11) is 0. The van der Waals surface area contributed by atoms with Gasteiger partial charge in [0.2, 0.25) is 17.7 Å². The van der Waals surface area contributed by atoms with Crippen molar-refractivity contribution in [1.29, 1.82) is 0 Å². The van der Waals surface area contributed by atoms with Crippen molar-refractivity contribution in [3.05, 3.63) is 66.5 Å². The maximum absolute atomic E-state index is 14.0. The van der Waals surface area contributed by atoms with Gasteiger partial charge in [-0.3, -0.25) is 9.59 Å². The third kappa shape index (κ3) is 7.06. The number of aromatic nitrogens is 6. The van der Waals surface area contributed by atoms with E-state index in [0.29, 0.717) is 42.4 Å². The predicted molar refractivity (Wildman–Crippen MR) is 171 cm³/mol. The van der Waals surface area contributed by atoms with Crippen LogP contribution in [0.4, 0.5) is 11.6 Å². The molecule has 1 aliphatic carbocycles. The van der Waals surface area contributed by atoms with Gasteiger partial charge in [0.05, 0.1) is 11.7 Å². The highest BCUT2D eigenvalue weighted by Crippen LogP contribution is 2.32. The number of amides is 2. The number of benzene rings is 2. The minimum Gasteiger partial charge on any atom is -0.338 e. The third-order valence-electron chi connectivity index (χ3n) is 8.77. The Labute approximate surface area is 261 Å². The van der Waals surface area contributed by atoms with E-state index in [4.69, 9.17) is 11.5 Å². The molecule has 2 amide bonds. The lowest BCUT2D eigenvalue weighted by Crippen LogP contribution is -2.50. The number of imide groups is 1. The minimum absolute atomic E-state index is 0.228. The first-order valence-corrected chi connectivity index (χ1v) is 15.5. The third-order valence-corrected chi connectivity index (χ3v) is 8.77. The number of carbonyl (C=O) groups is 2. The number of nitrogens with zero attached hydrogens (tertiary/aromatic N) is 7. The highest BCUT2D eigenvalue weighted by molar-refractivity contribution is 6.17. The van der Waals surface area contributed by atoms with E-state index in [1.54, 1.807) is 24.3 Å². The molecular weight excluding hydrogens is 570 g/mol. The monoisotopic (exact) mass is 609 g/mol. The quantitative estimate of drug-likeness (QED) is 0.217. The Balaban J connectivity index is 1.19. The first-order chi connectivity index (χ1) is 22.0. The van der Waals surface area contributed by atoms with Crippen LogP contribution in [0.3, 0.4) is 0 Å². The number of anilines is 2. The smallest absolute Gasteiger partial charge is 0.251 e. The van der Waals surface area contributed by atoms with Gasteiger partial charge in [-0.15, -0.1) is 10.2 Å². The van der Waals surface area contributed by atoms with Gasteiger partial charge in [-0.1, -0.05) is 24.3 Å². The minimum atomic E-state index is -0.937. The van der Waals surface area contributed by atoms with Crippen LogP contribution in [0.1, 0.15) is 31.2 Å². The predicted octanol–water partition coefficient (Wildman–Crippen LogP) is 1.93. The Hall–Kier alpha value is -4.59. The number of piperazine rings is 1. The number of aromatic amines is 1. The lowest BCUT2D eigenvalue weighted by atomic mass is 9.81. The number of rotatable bonds is 9. The Morgan fingerprint density at radius 1 is 0.956 bits per heavy atom. The van der Waals surface area contributed by atoms with Crippen molar-refractivity contribution in [2.24, 2.45) is 23.3 Å². The zero-order chi connectivity index (χ0) is 31.2. The molecule has 2 fully saturated rings. The van der Waals surface area contributed by atoms with E-state index < -0.39 is 11.9 Å². The van der Waals surface area contributed by atoms with Gasteiger partial charge in [-0.2, -0.15) is 5.21 Å². The SMILES string of the molecule is NCC1CCC(C(=O)N(C(=O)[C@@H](N)Cc2cccc(-c3cnc(N4CCNCC4)nc3)c2)c2ccc(-c3nn[nH]n3)cc2)CC1. The number of nitrogens with two attached hydrogens (primary N) is 2. The molecule has 2 aromatic heterocycles. The fourth-order valence-corrected chi connectivity index (χ4v) is 6.12. The molecule has 13 nitrogen and oxygen atoms in total. The zero-order valence-corrected chi connectivity index (χ0v) is 25.2. The van der Waals surface area contributed by atoms with Crippen LogP contribution in [-0.4, -0.2) is 81.2 Å². The molecule has 0 bridgehead atoms.